The zero-order chi connectivity index (χ0) is 16.4. The van der Waals surface area contributed by atoms with E-state index in [4.69, 9.17) is 5.11 Å². The van der Waals surface area contributed by atoms with Crippen LogP contribution in [-0.4, -0.2) is 110 Å². The summed E-state index contributed by atoms with van der Waals surface area (Å²) in [6.45, 7) is 11.5. The standard InChI is InChI=1S/C16H34N4O2/c1-4-19-9-6-10-20(15-16(21)22)14-12-18(3)8-5-7-17(2)11-13-19/h4-15H2,1-3H3,(H,21,22). The molecule has 0 aromatic carbocycles. The van der Waals surface area contributed by atoms with E-state index < -0.39 is 5.97 Å². The molecule has 0 radical (unpaired) electrons. The molecule has 0 aromatic rings. The first kappa shape index (κ1) is 19.4. The van der Waals surface area contributed by atoms with Gasteiger partial charge in [0.1, 0.15) is 0 Å². The van der Waals surface area contributed by atoms with Gasteiger partial charge in [-0.05, 0) is 53.1 Å². The highest BCUT2D eigenvalue weighted by atomic mass is 16.4. The van der Waals surface area contributed by atoms with Crippen molar-refractivity contribution in [2.24, 2.45) is 0 Å². The fraction of sp³-hybridized carbons (Fsp3) is 0.938. The van der Waals surface area contributed by atoms with Crippen molar-refractivity contribution in [1.82, 2.24) is 19.6 Å². The Morgan fingerprint density at radius 3 is 1.86 bits per heavy atom. The molecule has 1 aliphatic heterocycles. The number of aliphatic carboxylic acids is 1. The molecule has 0 bridgehead atoms. The predicted octanol–water partition coefficient (Wildman–Crippen LogP) is 0.352. The molecule has 22 heavy (non-hydrogen) atoms. The Morgan fingerprint density at radius 1 is 0.818 bits per heavy atom. The maximum absolute atomic E-state index is 11.0. The van der Waals surface area contributed by atoms with E-state index in [1.165, 1.54) is 0 Å². The highest BCUT2D eigenvalue weighted by Gasteiger charge is 2.13. The summed E-state index contributed by atoms with van der Waals surface area (Å²) in [5.74, 6) is -0.724. The van der Waals surface area contributed by atoms with Crippen LogP contribution in [0.4, 0.5) is 0 Å². The second-order valence-electron chi connectivity index (χ2n) is 6.42. The normalized spacial score (nSPS) is 23.2. The van der Waals surface area contributed by atoms with Gasteiger partial charge in [0.05, 0.1) is 6.54 Å². The van der Waals surface area contributed by atoms with Gasteiger partial charge < -0.3 is 19.8 Å². The van der Waals surface area contributed by atoms with E-state index in [-0.39, 0.29) is 6.54 Å². The van der Waals surface area contributed by atoms with E-state index in [0.29, 0.717) is 0 Å². The summed E-state index contributed by atoms with van der Waals surface area (Å²) in [6, 6.07) is 0. The number of nitrogens with zero attached hydrogens (tertiary/aromatic N) is 4. The Hall–Kier alpha value is -0.690. The summed E-state index contributed by atoms with van der Waals surface area (Å²) in [4.78, 5) is 20.3. The van der Waals surface area contributed by atoms with Gasteiger partial charge in [-0.3, -0.25) is 9.69 Å². The van der Waals surface area contributed by atoms with Crippen LogP contribution in [0.5, 0.6) is 0 Å². The zero-order valence-corrected chi connectivity index (χ0v) is 14.6. The average Bonchev–Trinajstić information content (AvgIpc) is 2.46. The second-order valence-corrected chi connectivity index (χ2v) is 6.42. The molecule has 1 saturated heterocycles. The number of likely N-dealkylation sites (N-methyl/N-ethyl adjacent to an activating group) is 3. The van der Waals surface area contributed by atoms with Crippen molar-refractivity contribution >= 4 is 5.97 Å². The molecule has 0 aliphatic carbocycles. The Bertz CT molecular complexity index is 315. The SMILES string of the molecule is CCN1CCCN(CC(=O)O)CCN(C)CCCN(C)CC1. The largest absolute Gasteiger partial charge is 0.480 e. The van der Waals surface area contributed by atoms with Crippen molar-refractivity contribution in [3.63, 3.8) is 0 Å². The van der Waals surface area contributed by atoms with Gasteiger partial charge in [0.15, 0.2) is 0 Å². The number of carboxylic acid groups (broad SMARTS) is 1. The van der Waals surface area contributed by atoms with E-state index in [2.05, 4.69) is 40.6 Å². The fourth-order valence-electron chi connectivity index (χ4n) is 2.87. The zero-order valence-electron chi connectivity index (χ0n) is 14.6. The summed E-state index contributed by atoms with van der Waals surface area (Å²) in [7, 11) is 4.33. The minimum Gasteiger partial charge on any atom is -0.480 e. The molecule has 1 fully saturated rings. The average molecular weight is 314 g/mol. The molecule has 0 aromatic heterocycles. The summed E-state index contributed by atoms with van der Waals surface area (Å²) in [5.41, 5.74) is 0. The molecule has 1 aliphatic rings. The van der Waals surface area contributed by atoms with Crippen LogP contribution >= 0.6 is 0 Å². The minimum absolute atomic E-state index is 0.155. The van der Waals surface area contributed by atoms with Gasteiger partial charge >= 0.3 is 5.97 Å². The lowest BCUT2D eigenvalue weighted by molar-refractivity contribution is -0.138. The highest BCUT2D eigenvalue weighted by molar-refractivity contribution is 5.69. The van der Waals surface area contributed by atoms with Gasteiger partial charge in [-0.15, -0.1) is 0 Å². The number of hydrogen-bond donors (Lipinski definition) is 1. The van der Waals surface area contributed by atoms with Crippen molar-refractivity contribution in [2.75, 3.05) is 79.5 Å². The Morgan fingerprint density at radius 2 is 1.32 bits per heavy atom. The van der Waals surface area contributed by atoms with Crippen molar-refractivity contribution < 1.29 is 9.90 Å². The van der Waals surface area contributed by atoms with Crippen LogP contribution in [0, 0.1) is 0 Å². The quantitative estimate of drug-likeness (QED) is 0.811. The van der Waals surface area contributed by atoms with E-state index in [0.717, 1.165) is 71.7 Å². The Labute approximate surface area is 135 Å². The lowest BCUT2D eigenvalue weighted by Crippen LogP contribution is -2.40. The Kier molecular flexibility index (Phi) is 9.63. The van der Waals surface area contributed by atoms with E-state index >= 15 is 0 Å². The third kappa shape index (κ3) is 8.68. The molecule has 0 unspecified atom stereocenters. The lowest BCUT2D eigenvalue weighted by Gasteiger charge is -2.28. The van der Waals surface area contributed by atoms with Crippen LogP contribution in [0.3, 0.4) is 0 Å². The van der Waals surface area contributed by atoms with Crippen LogP contribution in [0.25, 0.3) is 0 Å². The minimum atomic E-state index is -0.724. The van der Waals surface area contributed by atoms with Crippen LogP contribution in [0.1, 0.15) is 19.8 Å². The first-order chi connectivity index (χ1) is 10.5. The van der Waals surface area contributed by atoms with Gasteiger partial charge in [-0.25, -0.2) is 0 Å². The number of rotatable bonds is 3. The smallest absolute Gasteiger partial charge is 0.317 e. The van der Waals surface area contributed by atoms with E-state index in [1.807, 2.05) is 0 Å². The van der Waals surface area contributed by atoms with Crippen molar-refractivity contribution in [3.8, 4) is 0 Å². The van der Waals surface area contributed by atoms with Gasteiger partial charge in [0, 0.05) is 32.7 Å². The van der Waals surface area contributed by atoms with Crippen LogP contribution in [0.2, 0.25) is 0 Å². The summed E-state index contributed by atoms with van der Waals surface area (Å²) in [5, 5.41) is 9.06. The fourth-order valence-corrected chi connectivity index (χ4v) is 2.87. The molecule has 0 amide bonds. The third-order valence-corrected chi connectivity index (χ3v) is 4.43. The third-order valence-electron chi connectivity index (χ3n) is 4.43. The van der Waals surface area contributed by atoms with Gasteiger partial charge in [-0.1, -0.05) is 6.92 Å². The first-order valence-corrected chi connectivity index (χ1v) is 8.55. The predicted molar refractivity (Wildman–Crippen MR) is 90.4 cm³/mol. The molecule has 0 saturated carbocycles. The number of carboxylic acids is 1. The maximum atomic E-state index is 11.0. The highest BCUT2D eigenvalue weighted by Crippen LogP contribution is 2.00. The van der Waals surface area contributed by atoms with Crippen molar-refractivity contribution in [3.05, 3.63) is 0 Å². The topological polar surface area (TPSA) is 50.3 Å². The molecule has 1 N–H and O–H groups in total. The molecule has 1 rings (SSSR count). The summed E-state index contributed by atoms with van der Waals surface area (Å²) in [6.07, 6.45) is 2.20. The monoisotopic (exact) mass is 314 g/mol. The van der Waals surface area contributed by atoms with Gasteiger partial charge in [-0.2, -0.15) is 0 Å². The van der Waals surface area contributed by atoms with E-state index in [9.17, 15) is 4.79 Å². The number of carbonyl (C=O) groups is 1. The van der Waals surface area contributed by atoms with Crippen molar-refractivity contribution in [2.45, 2.75) is 19.8 Å². The maximum Gasteiger partial charge on any atom is 0.317 e. The van der Waals surface area contributed by atoms with Crippen molar-refractivity contribution in [1.29, 1.82) is 0 Å². The molecular formula is C16H34N4O2. The molecule has 0 spiro atoms. The summed E-state index contributed by atoms with van der Waals surface area (Å²) >= 11 is 0. The molecule has 1 heterocycles. The Balaban J connectivity index is 2.55. The van der Waals surface area contributed by atoms with Gasteiger partial charge in [0.2, 0.25) is 0 Å². The van der Waals surface area contributed by atoms with Crippen LogP contribution in [0.15, 0.2) is 0 Å². The lowest BCUT2D eigenvalue weighted by atomic mass is 10.3. The summed E-state index contributed by atoms with van der Waals surface area (Å²) < 4.78 is 0. The molecule has 0 atom stereocenters. The molecular weight excluding hydrogens is 280 g/mol. The molecule has 6 nitrogen and oxygen atoms in total. The second kappa shape index (κ2) is 10.9. The molecule has 130 valence electrons. The number of hydrogen-bond acceptors (Lipinski definition) is 5. The van der Waals surface area contributed by atoms with Gasteiger partial charge in [0.25, 0.3) is 0 Å². The van der Waals surface area contributed by atoms with Crippen LogP contribution < -0.4 is 0 Å². The van der Waals surface area contributed by atoms with Crippen LogP contribution in [-0.2, 0) is 4.79 Å². The first-order valence-electron chi connectivity index (χ1n) is 8.55. The molecule has 6 heteroatoms. The van der Waals surface area contributed by atoms with E-state index in [1.54, 1.807) is 0 Å².